The van der Waals surface area contributed by atoms with Crippen molar-refractivity contribution in [2.45, 2.75) is 24.8 Å². The van der Waals surface area contributed by atoms with E-state index >= 15 is 8.78 Å². The number of likely N-dealkylation sites (N-methyl/N-ethyl adjacent to an activating group) is 1. The monoisotopic (exact) mass is 527 g/mol. The van der Waals surface area contributed by atoms with Crippen LogP contribution < -0.4 is 15.1 Å². The number of rotatable bonds is 11. The molecule has 0 saturated carbocycles. The Morgan fingerprint density at radius 3 is 2.44 bits per heavy atom. The molecule has 1 aromatic heterocycles. The predicted molar refractivity (Wildman–Crippen MR) is 126 cm³/mol. The number of aromatic nitrogens is 1. The second-order valence-corrected chi connectivity index (χ2v) is 9.62. The van der Waals surface area contributed by atoms with Crippen LogP contribution in [0.1, 0.15) is 13.8 Å². The topological polar surface area (TPSA) is 121 Å². The van der Waals surface area contributed by atoms with Crippen LogP contribution in [-0.4, -0.2) is 75.8 Å². The zero-order valence-electron chi connectivity index (χ0n) is 20.0. The number of nitrogens with one attached hydrogen (secondary N) is 1. The largest absolute Gasteiger partial charge is 0.442 e. The summed E-state index contributed by atoms with van der Waals surface area (Å²) in [5.74, 6) is -2.18. The van der Waals surface area contributed by atoms with Crippen molar-refractivity contribution in [3.05, 3.63) is 48.3 Å². The minimum Gasteiger partial charge on any atom is -0.442 e. The predicted octanol–water partition coefficient (Wildman–Crippen LogP) is 1.90. The third-order valence-electron chi connectivity index (χ3n) is 5.44. The summed E-state index contributed by atoms with van der Waals surface area (Å²) in [6, 6.07) is 4.62. The summed E-state index contributed by atoms with van der Waals surface area (Å²) >= 11 is 0. The van der Waals surface area contributed by atoms with Gasteiger partial charge >= 0.3 is 6.09 Å². The molecule has 2 heterocycles. The van der Waals surface area contributed by atoms with Crippen molar-refractivity contribution < 1.29 is 36.4 Å². The van der Waals surface area contributed by atoms with Gasteiger partial charge < -0.3 is 15.0 Å². The molecular formula is C22H27F2N5O6S. The van der Waals surface area contributed by atoms with Gasteiger partial charge in [-0.25, -0.2) is 22.0 Å². The summed E-state index contributed by atoms with van der Waals surface area (Å²) in [7, 11) is -2.84. The van der Waals surface area contributed by atoms with E-state index in [0.717, 1.165) is 21.5 Å². The van der Waals surface area contributed by atoms with Gasteiger partial charge in [-0.1, -0.05) is 4.47 Å². The average Bonchev–Trinajstić information content (AvgIpc) is 3.22. The molecule has 1 aromatic carbocycles. The number of hydroxylamine groups is 1. The number of sulfonamides is 1. The molecule has 1 fully saturated rings. The van der Waals surface area contributed by atoms with E-state index < -0.39 is 33.9 Å². The Morgan fingerprint density at radius 1 is 1.25 bits per heavy atom. The molecule has 0 radical (unpaired) electrons. The van der Waals surface area contributed by atoms with Crippen LogP contribution in [0.4, 0.5) is 25.0 Å². The summed E-state index contributed by atoms with van der Waals surface area (Å²) < 4.78 is 61.7. The van der Waals surface area contributed by atoms with Crippen molar-refractivity contribution in [3.63, 3.8) is 0 Å². The van der Waals surface area contributed by atoms with E-state index in [0.29, 0.717) is 0 Å². The van der Waals surface area contributed by atoms with E-state index in [9.17, 15) is 18.0 Å². The van der Waals surface area contributed by atoms with Crippen LogP contribution >= 0.6 is 0 Å². The first kappa shape index (κ1) is 27.2. The smallest absolute Gasteiger partial charge is 0.414 e. The number of nitrogens with zero attached hydrogens (tertiary/aromatic N) is 4. The molecule has 1 saturated heterocycles. The summed E-state index contributed by atoms with van der Waals surface area (Å²) in [4.78, 5) is 34.5. The fourth-order valence-electron chi connectivity index (χ4n) is 3.67. The molecular weight excluding hydrogens is 500 g/mol. The van der Waals surface area contributed by atoms with E-state index in [1.54, 1.807) is 6.92 Å². The lowest BCUT2D eigenvalue weighted by atomic mass is 10.2. The Hall–Kier alpha value is -3.36. The molecule has 2 amide bonds. The number of carbonyl (C=O) groups is 2. The van der Waals surface area contributed by atoms with Gasteiger partial charge in [-0.2, -0.15) is 0 Å². The molecule has 1 atom stereocenters. The van der Waals surface area contributed by atoms with Crippen LogP contribution in [0.25, 0.3) is 0 Å². The number of hydrogen-bond donors (Lipinski definition) is 1. The maximum absolute atomic E-state index is 15.1. The van der Waals surface area contributed by atoms with Crippen LogP contribution in [0.2, 0.25) is 0 Å². The van der Waals surface area contributed by atoms with Crippen LogP contribution in [0, 0.1) is 11.6 Å². The fraction of sp³-hybridized carbons (Fsp3) is 0.409. The number of carbonyl (C=O) groups excluding carboxylic acids is 2. The Labute approximate surface area is 207 Å². The molecule has 0 bridgehead atoms. The first-order valence-corrected chi connectivity index (χ1v) is 12.5. The third-order valence-corrected chi connectivity index (χ3v) is 7.17. The molecule has 0 aliphatic carbocycles. The van der Waals surface area contributed by atoms with Gasteiger partial charge in [0, 0.05) is 44.5 Å². The quantitative estimate of drug-likeness (QED) is 0.440. The van der Waals surface area contributed by atoms with Gasteiger partial charge in [0.25, 0.3) is 10.0 Å². The molecule has 1 N–H and O–H groups in total. The summed E-state index contributed by atoms with van der Waals surface area (Å²) in [5.41, 5.74) is -0.417. The van der Waals surface area contributed by atoms with Gasteiger partial charge in [0.05, 0.1) is 37.3 Å². The minimum absolute atomic E-state index is 0.00446. The van der Waals surface area contributed by atoms with Gasteiger partial charge in [0.1, 0.15) is 11.8 Å². The number of ether oxygens (including phenoxy) is 1. The second-order valence-electron chi connectivity index (χ2n) is 7.79. The first-order chi connectivity index (χ1) is 17.1. The van der Waals surface area contributed by atoms with Gasteiger partial charge in [-0.05, 0) is 19.1 Å². The highest BCUT2D eigenvalue weighted by atomic mass is 32.2. The lowest BCUT2D eigenvalue weighted by molar-refractivity contribution is -0.119. The first-order valence-electron chi connectivity index (χ1n) is 11.0. The zero-order chi connectivity index (χ0) is 26.5. The van der Waals surface area contributed by atoms with Crippen molar-refractivity contribution in [1.82, 2.24) is 14.8 Å². The maximum Gasteiger partial charge on any atom is 0.414 e. The Kier molecular flexibility index (Phi) is 8.76. The number of halogens is 2. The van der Waals surface area contributed by atoms with Crippen LogP contribution in [-0.2, 0) is 24.4 Å². The molecule has 196 valence electrons. The SMILES string of the molecule is CCN(CCN(OC)S(=O)(=O)c1ccncc1)c1c(F)cc(N2C[C@H](CNC(C)=O)OC2=O)cc1F. The van der Waals surface area contributed by atoms with Crippen molar-refractivity contribution >= 4 is 33.4 Å². The number of hydrogen-bond acceptors (Lipinski definition) is 8. The summed E-state index contributed by atoms with van der Waals surface area (Å²) in [6.45, 7) is 2.90. The number of benzene rings is 1. The van der Waals surface area contributed by atoms with Crippen molar-refractivity contribution in [1.29, 1.82) is 0 Å². The standard InChI is InChI=1S/C22H27F2N5O6S/c1-4-27(9-10-29(34-3)36(32,33)18-5-7-25-8-6-18)21-19(23)11-16(12-20(21)24)28-14-17(35-22(28)31)13-26-15(2)30/h5-8,11-12,17H,4,9-10,13-14H2,1-3H3,(H,26,30)/t17-/m0/s1. The van der Waals surface area contributed by atoms with E-state index in [4.69, 9.17) is 9.57 Å². The number of cyclic esters (lactones) is 1. The van der Waals surface area contributed by atoms with Crippen molar-refractivity contribution in [3.8, 4) is 0 Å². The lowest BCUT2D eigenvalue weighted by Crippen LogP contribution is -2.38. The Balaban J connectivity index is 1.76. The van der Waals surface area contributed by atoms with E-state index in [2.05, 4.69) is 10.3 Å². The van der Waals surface area contributed by atoms with Crippen molar-refractivity contribution in [2.75, 3.05) is 49.6 Å². The molecule has 14 heteroatoms. The Morgan fingerprint density at radius 2 is 1.89 bits per heavy atom. The number of amides is 2. The highest BCUT2D eigenvalue weighted by Crippen LogP contribution is 2.31. The summed E-state index contributed by atoms with van der Waals surface area (Å²) in [6.07, 6.45) is 1.19. The molecule has 1 aliphatic heterocycles. The minimum atomic E-state index is -4.02. The summed E-state index contributed by atoms with van der Waals surface area (Å²) in [5, 5.41) is 2.53. The van der Waals surface area contributed by atoms with E-state index in [1.165, 1.54) is 43.5 Å². The molecule has 0 spiro atoms. The van der Waals surface area contributed by atoms with Gasteiger partial charge in [-0.3, -0.25) is 19.5 Å². The molecule has 1 aliphatic rings. The second kappa shape index (κ2) is 11.6. The van der Waals surface area contributed by atoms with Gasteiger partial charge in [0.2, 0.25) is 5.91 Å². The van der Waals surface area contributed by atoms with Crippen LogP contribution in [0.15, 0.2) is 41.6 Å². The number of anilines is 2. The van der Waals surface area contributed by atoms with Crippen molar-refractivity contribution in [2.24, 2.45) is 0 Å². The van der Waals surface area contributed by atoms with E-state index in [1.807, 2.05) is 0 Å². The van der Waals surface area contributed by atoms with E-state index in [-0.39, 0.29) is 54.9 Å². The molecule has 0 unspecified atom stereocenters. The highest BCUT2D eigenvalue weighted by Gasteiger charge is 2.34. The normalized spacial score (nSPS) is 15.8. The fourth-order valence-corrected chi connectivity index (χ4v) is 4.89. The lowest BCUT2D eigenvalue weighted by Gasteiger charge is -2.28. The molecule has 2 aromatic rings. The van der Waals surface area contributed by atoms with Crippen LogP contribution in [0.5, 0.6) is 0 Å². The maximum atomic E-state index is 15.1. The van der Waals surface area contributed by atoms with Crippen LogP contribution in [0.3, 0.4) is 0 Å². The average molecular weight is 528 g/mol. The third kappa shape index (κ3) is 6.06. The van der Waals surface area contributed by atoms with Gasteiger partial charge in [-0.15, -0.1) is 0 Å². The molecule has 3 rings (SSSR count). The highest BCUT2D eigenvalue weighted by molar-refractivity contribution is 7.89. The van der Waals surface area contributed by atoms with Gasteiger partial charge in [0.15, 0.2) is 11.6 Å². The molecule has 11 nitrogen and oxygen atoms in total. The number of pyridine rings is 1. The zero-order valence-corrected chi connectivity index (χ0v) is 20.8. The molecule has 36 heavy (non-hydrogen) atoms. The Bertz CT molecular complexity index is 1180.